The monoisotopic (exact) mass is 520 g/mol. The summed E-state index contributed by atoms with van der Waals surface area (Å²) in [5.41, 5.74) is 3.07. The summed E-state index contributed by atoms with van der Waals surface area (Å²) in [5, 5.41) is 0.713. The Kier molecular flexibility index (Phi) is 5.75. The summed E-state index contributed by atoms with van der Waals surface area (Å²) in [6.07, 6.45) is 3.13. The summed E-state index contributed by atoms with van der Waals surface area (Å²) < 4.78 is 6.52. The Morgan fingerprint density at radius 3 is 2.68 bits per heavy atom. The fourth-order valence-corrected chi connectivity index (χ4v) is 6.58. The molecule has 34 heavy (non-hydrogen) atoms. The molecule has 0 spiro atoms. The normalized spacial score (nSPS) is 23.2. The van der Waals surface area contributed by atoms with E-state index in [-0.39, 0.29) is 29.4 Å². The van der Waals surface area contributed by atoms with Crippen molar-refractivity contribution in [3.63, 3.8) is 0 Å². The van der Waals surface area contributed by atoms with Crippen LogP contribution in [0.25, 0.3) is 22.2 Å². The molecule has 0 N–H and O–H groups in total. The number of para-hydroxylation sites is 1. The zero-order valence-corrected chi connectivity index (χ0v) is 21.4. The van der Waals surface area contributed by atoms with Crippen molar-refractivity contribution in [2.75, 3.05) is 13.2 Å². The summed E-state index contributed by atoms with van der Waals surface area (Å²) in [4.78, 5) is 33.0. The van der Waals surface area contributed by atoms with Crippen LogP contribution >= 0.6 is 15.9 Å². The molecule has 2 heterocycles. The third-order valence-corrected chi connectivity index (χ3v) is 7.61. The SMILES string of the molecule is CC1(C)CC2CC(C)(CN2C(=O)COC(=O)c2cc(-c3cccc(Br)c3)nc3ccccc23)C1. The van der Waals surface area contributed by atoms with Gasteiger partial charge in [0.05, 0.1) is 16.8 Å². The van der Waals surface area contributed by atoms with Gasteiger partial charge in [-0.25, -0.2) is 9.78 Å². The second kappa shape index (κ2) is 8.49. The van der Waals surface area contributed by atoms with Crippen LogP contribution in [0.5, 0.6) is 0 Å². The fraction of sp³-hybridized carbons (Fsp3) is 0.393. The molecule has 2 bridgehead atoms. The third-order valence-electron chi connectivity index (χ3n) is 7.12. The van der Waals surface area contributed by atoms with Crippen molar-refractivity contribution >= 4 is 38.7 Å². The first-order valence-corrected chi connectivity index (χ1v) is 12.5. The minimum absolute atomic E-state index is 0.106. The second-order valence-electron chi connectivity index (χ2n) is 10.9. The maximum Gasteiger partial charge on any atom is 0.339 e. The molecular formula is C28H29BrN2O3. The number of benzene rings is 2. The number of carbonyl (C=O) groups excluding carboxylic acids is 2. The zero-order valence-electron chi connectivity index (χ0n) is 19.8. The van der Waals surface area contributed by atoms with Crippen LogP contribution in [0.15, 0.2) is 59.1 Å². The quantitative estimate of drug-likeness (QED) is 0.381. The standard InChI is InChI=1S/C28H29BrN2O3/c1-27(2)13-20-14-28(3,16-27)17-31(20)25(32)15-34-26(33)22-12-24(18-7-6-8-19(29)11-18)30-23-10-5-4-9-21(22)23/h4-12,20H,13-17H2,1-3H3. The smallest absolute Gasteiger partial charge is 0.339 e. The number of esters is 1. The molecule has 2 aliphatic rings. The van der Waals surface area contributed by atoms with E-state index in [0.29, 0.717) is 22.2 Å². The van der Waals surface area contributed by atoms with Crippen LogP contribution in [0.2, 0.25) is 0 Å². The van der Waals surface area contributed by atoms with Crippen molar-refractivity contribution in [2.45, 2.75) is 46.1 Å². The molecule has 6 heteroatoms. The van der Waals surface area contributed by atoms with Crippen LogP contribution in [0, 0.1) is 10.8 Å². The lowest BCUT2D eigenvalue weighted by Gasteiger charge is -2.39. The summed E-state index contributed by atoms with van der Waals surface area (Å²) in [7, 11) is 0. The summed E-state index contributed by atoms with van der Waals surface area (Å²) in [6, 6.07) is 17.3. The van der Waals surface area contributed by atoms with E-state index in [9.17, 15) is 9.59 Å². The van der Waals surface area contributed by atoms with Crippen molar-refractivity contribution in [2.24, 2.45) is 10.8 Å². The summed E-state index contributed by atoms with van der Waals surface area (Å²) in [6.45, 7) is 7.33. The Hall–Kier alpha value is -2.73. The van der Waals surface area contributed by atoms with Crippen LogP contribution < -0.4 is 0 Å². The molecule has 2 unspecified atom stereocenters. The van der Waals surface area contributed by atoms with Gasteiger partial charge in [-0.05, 0) is 54.4 Å². The molecule has 5 rings (SSSR count). The first kappa shape index (κ1) is 23.0. The topological polar surface area (TPSA) is 59.5 Å². The zero-order chi connectivity index (χ0) is 24.1. The highest BCUT2D eigenvalue weighted by Crippen LogP contribution is 2.52. The van der Waals surface area contributed by atoms with Crippen LogP contribution in [-0.2, 0) is 9.53 Å². The van der Waals surface area contributed by atoms with Crippen molar-refractivity contribution in [1.82, 2.24) is 9.88 Å². The van der Waals surface area contributed by atoms with E-state index in [1.54, 1.807) is 6.07 Å². The Labute approximate surface area is 208 Å². The summed E-state index contributed by atoms with van der Waals surface area (Å²) in [5.74, 6) is -0.609. The van der Waals surface area contributed by atoms with E-state index in [2.05, 4.69) is 36.7 Å². The number of rotatable bonds is 4. The molecule has 5 nitrogen and oxygen atoms in total. The molecule has 1 saturated heterocycles. The van der Waals surface area contributed by atoms with E-state index in [0.717, 1.165) is 35.8 Å². The van der Waals surface area contributed by atoms with Crippen LogP contribution in [0.4, 0.5) is 0 Å². The Morgan fingerprint density at radius 1 is 1.09 bits per heavy atom. The largest absolute Gasteiger partial charge is 0.452 e. The van der Waals surface area contributed by atoms with Crippen molar-refractivity contribution in [1.29, 1.82) is 0 Å². The molecule has 176 valence electrons. The predicted octanol–water partition coefficient (Wildman–Crippen LogP) is 6.25. The second-order valence-corrected chi connectivity index (χ2v) is 11.8. The van der Waals surface area contributed by atoms with Gasteiger partial charge < -0.3 is 9.64 Å². The predicted molar refractivity (Wildman–Crippen MR) is 136 cm³/mol. The highest BCUT2D eigenvalue weighted by molar-refractivity contribution is 9.10. The van der Waals surface area contributed by atoms with Gasteiger partial charge in [0.2, 0.25) is 0 Å². The van der Waals surface area contributed by atoms with E-state index in [1.165, 1.54) is 0 Å². The van der Waals surface area contributed by atoms with Gasteiger partial charge in [-0.15, -0.1) is 0 Å². The first-order chi connectivity index (χ1) is 16.1. The van der Waals surface area contributed by atoms with Crippen molar-refractivity contribution in [3.8, 4) is 11.3 Å². The first-order valence-electron chi connectivity index (χ1n) is 11.7. The van der Waals surface area contributed by atoms with Gasteiger partial charge >= 0.3 is 5.97 Å². The van der Waals surface area contributed by atoms with Gasteiger partial charge in [0, 0.05) is 28.0 Å². The number of ether oxygens (including phenoxy) is 1. The number of hydrogen-bond acceptors (Lipinski definition) is 4. The van der Waals surface area contributed by atoms with Gasteiger partial charge in [-0.2, -0.15) is 0 Å². The maximum atomic E-state index is 13.2. The molecule has 1 amide bonds. The van der Waals surface area contributed by atoms with Gasteiger partial charge in [-0.3, -0.25) is 4.79 Å². The van der Waals surface area contributed by atoms with Gasteiger partial charge in [0.25, 0.3) is 5.91 Å². The molecule has 2 atom stereocenters. The van der Waals surface area contributed by atoms with Gasteiger partial charge in [-0.1, -0.05) is 67.0 Å². The van der Waals surface area contributed by atoms with Crippen LogP contribution in [0.1, 0.15) is 50.4 Å². The number of carbonyl (C=O) groups is 2. The number of pyridine rings is 1. The minimum Gasteiger partial charge on any atom is -0.452 e. The van der Waals surface area contributed by atoms with Gasteiger partial charge in [0.15, 0.2) is 6.61 Å². The molecule has 2 fully saturated rings. The maximum absolute atomic E-state index is 13.2. The van der Waals surface area contributed by atoms with E-state index < -0.39 is 5.97 Å². The van der Waals surface area contributed by atoms with E-state index >= 15 is 0 Å². The molecule has 0 radical (unpaired) electrons. The lowest BCUT2D eigenvalue weighted by Crippen LogP contribution is -2.39. The molecular weight excluding hydrogens is 492 g/mol. The van der Waals surface area contributed by atoms with Crippen molar-refractivity contribution in [3.05, 3.63) is 64.6 Å². The number of amides is 1. The molecule has 1 aromatic heterocycles. The Balaban J connectivity index is 1.37. The fourth-order valence-electron chi connectivity index (χ4n) is 6.18. The van der Waals surface area contributed by atoms with Crippen LogP contribution in [0.3, 0.4) is 0 Å². The highest BCUT2D eigenvalue weighted by Gasteiger charge is 2.50. The van der Waals surface area contributed by atoms with Crippen LogP contribution in [-0.4, -0.2) is 41.0 Å². The van der Waals surface area contributed by atoms with E-state index in [1.807, 2.05) is 53.4 Å². The average molecular weight is 521 g/mol. The van der Waals surface area contributed by atoms with Crippen molar-refractivity contribution < 1.29 is 14.3 Å². The number of aromatic nitrogens is 1. The Morgan fingerprint density at radius 2 is 1.88 bits per heavy atom. The molecule has 1 saturated carbocycles. The summed E-state index contributed by atoms with van der Waals surface area (Å²) >= 11 is 3.50. The average Bonchev–Trinajstić information content (AvgIpc) is 3.05. The Bertz CT molecular complexity index is 1290. The minimum atomic E-state index is -0.503. The third kappa shape index (κ3) is 4.48. The number of fused-ring (bicyclic) bond motifs is 3. The highest BCUT2D eigenvalue weighted by atomic mass is 79.9. The number of nitrogens with zero attached hydrogens (tertiary/aromatic N) is 2. The number of hydrogen-bond donors (Lipinski definition) is 0. The number of halogens is 1. The molecule has 2 aromatic carbocycles. The number of likely N-dealkylation sites (tertiary alicyclic amines) is 1. The molecule has 3 aromatic rings. The molecule has 1 aliphatic carbocycles. The lowest BCUT2D eigenvalue weighted by molar-refractivity contribution is -0.135. The lowest BCUT2D eigenvalue weighted by atomic mass is 9.65. The van der Waals surface area contributed by atoms with E-state index in [4.69, 9.17) is 9.72 Å². The van der Waals surface area contributed by atoms with Gasteiger partial charge in [0.1, 0.15) is 0 Å². The molecule has 1 aliphatic heterocycles.